The molecule has 1 saturated heterocycles. The van der Waals surface area contributed by atoms with E-state index >= 15 is 0 Å². The minimum atomic E-state index is -3.58. The van der Waals surface area contributed by atoms with Crippen LogP contribution in [0, 0.1) is 5.82 Å². The number of rotatable bonds is 9. The van der Waals surface area contributed by atoms with Gasteiger partial charge in [-0.05, 0) is 54.8 Å². The van der Waals surface area contributed by atoms with Crippen molar-refractivity contribution in [2.75, 3.05) is 26.2 Å². The molecule has 0 atom stereocenters. The zero-order valence-corrected chi connectivity index (χ0v) is 18.1. The van der Waals surface area contributed by atoms with Crippen LogP contribution in [0.2, 0.25) is 0 Å². The summed E-state index contributed by atoms with van der Waals surface area (Å²) in [6, 6.07) is 11.4. The first kappa shape index (κ1) is 22.7. The van der Waals surface area contributed by atoms with Gasteiger partial charge in [0.15, 0.2) is 0 Å². The molecule has 0 spiro atoms. The number of halogens is 1. The Morgan fingerprint density at radius 3 is 2.17 bits per heavy atom. The lowest BCUT2D eigenvalue weighted by molar-refractivity contribution is 0.322. The molecule has 0 aromatic heterocycles. The molecule has 0 saturated carbocycles. The monoisotopic (exact) mass is 456 g/mol. The van der Waals surface area contributed by atoms with E-state index in [1.165, 1.54) is 40.7 Å². The molecule has 0 radical (unpaired) electrons. The van der Waals surface area contributed by atoms with E-state index in [1.54, 1.807) is 12.1 Å². The fraction of sp³-hybridized carbons (Fsp3) is 0.400. The molecular formula is C20H25FN2O5S2. The summed E-state index contributed by atoms with van der Waals surface area (Å²) in [6.45, 7) is 1.22. The maximum Gasteiger partial charge on any atom is 0.243 e. The Hall–Kier alpha value is -2.01. The molecule has 7 nitrogen and oxygen atoms in total. The maximum absolute atomic E-state index is 12.9. The zero-order chi connectivity index (χ0) is 21.6. The zero-order valence-electron chi connectivity index (χ0n) is 16.5. The van der Waals surface area contributed by atoms with Gasteiger partial charge in [0, 0.05) is 19.6 Å². The van der Waals surface area contributed by atoms with E-state index in [-0.39, 0.29) is 23.8 Å². The lowest BCUT2D eigenvalue weighted by atomic mass is 10.2. The molecule has 164 valence electrons. The molecule has 30 heavy (non-hydrogen) atoms. The summed E-state index contributed by atoms with van der Waals surface area (Å²) in [5, 5.41) is 0. The lowest BCUT2D eigenvalue weighted by Gasteiger charge is -2.25. The highest BCUT2D eigenvalue weighted by molar-refractivity contribution is 7.89. The second kappa shape index (κ2) is 9.86. The van der Waals surface area contributed by atoms with Crippen LogP contribution < -0.4 is 9.46 Å². The van der Waals surface area contributed by atoms with Crippen LogP contribution in [0.4, 0.5) is 4.39 Å². The van der Waals surface area contributed by atoms with Crippen molar-refractivity contribution in [3.05, 3.63) is 59.9 Å². The van der Waals surface area contributed by atoms with Gasteiger partial charge in [0.25, 0.3) is 0 Å². The number of benzene rings is 2. The Kier molecular flexibility index (Phi) is 7.45. The van der Waals surface area contributed by atoms with Crippen molar-refractivity contribution in [3.8, 4) is 5.75 Å². The number of hydrogen-bond donors (Lipinski definition) is 1. The molecule has 1 heterocycles. The fourth-order valence-corrected chi connectivity index (χ4v) is 5.82. The van der Waals surface area contributed by atoms with Gasteiger partial charge in [0.1, 0.15) is 18.2 Å². The van der Waals surface area contributed by atoms with E-state index in [9.17, 15) is 21.2 Å². The van der Waals surface area contributed by atoms with Crippen LogP contribution in [0.3, 0.4) is 0 Å². The molecule has 10 heteroatoms. The fourth-order valence-electron chi connectivity index (χ4n) is 3.18. The molecule has 0 bridgehead atoms. The van der Waals surface area contributed by atoms with Gasteiger partial charge in [-0.25, -0.2) is 25.9 Å². The summed E-state index contributed by atoms with van der Waals surface area (Å²) in [5.41, 5.74) is 0.482. The van der Waals surface area contributed by atoms with Gasteiger partial charge in [0.2, 0.25) is 20.0 Å². The van der Waals surface area contributed by atoms with Gasteiger partial charge in [-0.1, -0.05) is 18.6 Å². The number of sulfonamides is 2. The molecule has 0 aliphatic carbocycles. The normalized spacial score (nSPS) is 15.8. The molecule has 0 amide bonds. The predicted molar refractivity (Wildman–Crippen MR) is 112 cm³/mol. The predicted octanol–water partition coefficient (Wildman–Crippen LogP) is 2.50. The van der Waals surface area contributed by atoms with Gasteiger partial charge in [0.05, 0.1) is 10.6 Å². The highest BCUT2D eigenvalue weighted by Gasteiger charge is 2.25. The average molecular weight is 457 g/mol. The lowest BCUT2D eigenvalue weighted by Crippen LogP contribution is -2.35. The number of nitrogens with zero attached hydrogens (tertiary/aromatic N) is 1. The van der Waals surface area contributed by atoms with E-state index < -0.39 is 25.9 Å². The minimum Gasteiger partial charge on any atom is -0.492 e. The Morgan fingerprint density at radius 1 is 0.900 bits per heavy atom. The molecule has 1 N–H and O–H groups in total. The second-order valence-corrected chi connectivity index (χ2v) is 10.8. The van der Waals surface area contributed by atoms with Crippen LogP contribution in [0.25, 0.3) is 0 Å². The van der Waals surface area contributed by atoms with Crippen molar-refractivity contribution in [2.45, 2.75) is 29.9 Å². The van der Waals surface area contributed by atoms with Crippen molar-refractivity contribution in [3.63, 3.8) is 0 Å². The molecule has 1 aliphatic rings. The molecule has 1 fully saturated rings. The average Bonchev–Trinajstić information content (AvgIpc) is 2.74. The molecule has 0 unspecified atom stereocenters. The van der Waals surface area contributed by atoms with Crippen LogP contribution in [0.5, 0.6) is 5.75 Å². The van der Waals surface area contributed by atoms with Crippen LogP contribution in [-0.4, -0.2) is 47.4 Å². The quantitative estimate of drug-likeness (QED) is 0.586. The van der Waals surface area contributed by atoms with E-state index in [0.29, 0.717) is 24.4 Å². The Morgan fingerprint density at radius 2 is 1.53 bits per heavy atom. The van der Waals surface area contributed by atoms with Gasteiger partial charge in [-0.15, -0.1) is 0 Å². The topological polar surface area (TPSA) is 92.8 Å². The van der Waals surface area contributed by atoms with Crippen LogP contribution in [0.1, 0.15) is 24.8 Å². The third kappa shape index (κ3) is 6.24. The van der Waals surface area contributed by atoms with Crippen LogP contribution in [-0.2, 0) is 25.8 Å². The van der Waals surface area contributed by atoms with Crippen molar-refractivity contribution in [1.29, 1.82) is 0 Å². The number of piperidine rings is 1. The van der Waals surface area contributed by atoms with E-state index in [1.807, 2.05) is 0 Å². The van der Waals surface area contributed by atoms with Crippen molar-refractivity contribution < 1.29 is 26.0 Å². The first-order valence-corrected chi connectivity index (χ1v) is 12.8. The largest absolute Gasteiger partial charge is 0.492 e. The van der Waals surface area contributed by atoms with E-state index in [0.717, 1.165) is 19.3 Å². The van der Waals surface area contributed by atoms with Crippen LogP contribution in [0.15, 0.2) is 53.4 Å². The van der Waals surface area contributed by atoms with Crippen LogP contribution >= 0.6 is 0 Å². The van der Waals surface area contributed by atoms with Gasteiger partial charge < -0.3 is 4.74 Å². The van der Waals surface area contributed by atoms with Gasteiger partial charge in [-0.3, -0.25) is 0 Å². The minimum absolute atomic E-state index is 0.0529. The van der Waals surface area contributed by atoms with Crippen molar-refractivity contribution in [2.24, 2.45) is 0 Å². The molecule has 2 aromatic carbocycles. The summed E-state index contributed by atoms with van der Waals surface area (Å²) in [5.74, 6) is -0.228. The Labute approximate surface area is 177 Å². The van der Waals surface area contributed by atoms with E-state index in [4.69, 9.17) is 4.74 Å². The molecule has 3 rings (SSSR count). The van der Waals surface area contributed by atoms with Gasteiger partial charge in [-0.2, -0.15) is 4.31 Å². The molecule has 1 aliphatic heterocycles. The SMILES string of the molecule is O=S(=O)(Cc1ccc(F)cc1)NCCOc1ccc(S(=O)(=O)N2CCCCC2)cc1. The third-order valence-electron chi connectivity index (χ3n) is 4.74. The first-order chi connectivity index (χ1) is 14.3. The highest BCUT2D eigenvalue weighted by Crippen LogP contribution is 2.22. The second-order valence-electron chi connectivity index (χ2n) is 7.06. The third-order valence-corrected chi connectivity index (χ3v) is 8.01. The summed E-state index contributed by atoms with van der Waals surface area (Å²) < 4.78 is 71.7. The number of ether oxygens (including phenoxy) is 1. The Bertz CT molecular complexity index is 1030. The summed E-state index contributed by atoms with van der Waals surface area (Å²) in [6.07, 6.45) is 2.79. The van der Waals surface area contributed by atoms with Crippen molar-refractivity contribution in [1.82, 2.24) is 9.03 Å². The smallest absolute Gasteiger partial charge is 0.243 e. The molecular weight excluding hydrogens is 431 g/mol. The van der Waals surface area contributed by atoms with E-state index in [2.05, 4.69) is 4.72 Å². The molecule has 2 aromatic rings. The summed E-state index contributed by atoms with van der Waals surface area (Å²) >= 11 is 0. The number of nitrogens with one attached hydrogen (secondary N) is 1. The first-order valence-electron chi connectivity index (χ1n) is 9.71. The van der Waals surface area contributed by atoms with Gasteiger partial charge >= 0.3 is 0 Å². The summed E-state index contributed by atoms with van der Waals surface area (Å²) in [7, 11) is -7.07. The highest BCUT2D eigenvalue weighted by atomic mass is 32.2. The maximum atomic E-state index is 12.9. The van der Waals surface area contributed by atoms with Crippen molar-refractivity contribution >= 4 is 20.0 Å². The summed E-state index contributed by atoms with van der Waals surface area (Å²) in [4.78, 5) is 0.219. The standard InChI is InChI=1S/C20H25FN2O5S2/c21-18-6-4-17(5-7-18)16-29(24,25)22-12-15-28-19-8-10-20(11-9-19)30(26,27)23-13-2-1-3-14-23/h4-11,22H,1-3,12-16H2. The Balaban J connectivity index is 1.47. The number of hydrogen-bond acceptors (Lipinski definition) is 5.